The van der Waals surface area contributed by atoms with Gasteiger partial charge in [-0.05, 0) is 70.6 Å². The number of unbranched alkanes of at least 4 members (excludes halogenated alkanes) is 25. The zero-order chi connectivity index (χ0) is 49.0. The molecular weight excluding hydrogens is 853 g/mol. The van der Waals surface area contributed by atoms with Crippen LogP contribution in [0.3, 0.4) is 0 Å². The number of rotatable bonds is 45. The molecule has 1 heterocycles. The van der Waals surface area contributed by atoms with Crippen molar-refractivity contribution in [3.63, 3.8) is 0 Å². The van der Waals surface area contributed by atoms with Crippen molar-refractivity contribution < 1.29 is 58.2 Å². The number of carboxylic acids is 1. The van der Waals surface area contributed by atoms with Crippen LogP contribution < -0.4 is 0 Å². The molecule has 388 valence electrons. The maximum absolute atomic E-state index is 13.1. The molecule has 0 amide bonds. The van der Waals surface area contributed by atoms with Gasteiger partial charge in [0.2, 0.25) is 0 Å². The van der Waals surface area contributed by atoms with Crippen LogP contribution in [0, 0.1) is 0 Å². The van der Waals surface area contributed by atoms with Gasteiger partial charge in [-0.15, -0.1) is 0 Å². The Bertz CT molecular complexity index is 1310. The Morgan fingerprint density at radius 1 is 0.493 bits per heavy atom. The van der Waals surface area contributed by atoms with E-state index in [1.54, 1.807) is 0 Å². The van der Waals surface area contributed by atoms with Crippen molar-refractivity contribution in [3.8, 4) is 0 Å². The van der Waals surface area contributed by atoms with Crippen LogP contribution in [0.5, 0.6) is 0 Å². The second-order valence-electron chi connectivity index (χ2n) is 18.5. The Morgan fingerprint density at radius 3 is 1.43 bits per heavy atom. The SMILES string of the molecule is CCCC/C=C\CCCCCCCC(=O)OC1C(OCC(COC(=O)CCCCCCC/C=C\C/C=C\CCCCC)OC(=O)CCCCCCCCCCCCC)OC(C(=O)O)C(O)C1O. The van der Waals surface area contributed by atoms with Crippen LogP contribution in [0.25, 0.3) is 0 Å². The van der Waals surface area contributed by atoms with Gasteiger partial charge in [-0.3, -0.25) is 14.4 Å². The predicted molar refractivity (Wildman–Crippen MR) is 266 cm³/mol. The normalized spacial score (nSPS) is 19.1. The standard InChI is InChI=1S/C55H96O12/c1-4-7-10-13-16-19-22-23-24-25-28-29-32-35-38-41-47(56)63-44-46(65-48(57)42-39-36-33-30-26-20-17-14-11-8-5-2)45-64-55-53(51(60)50(59)52(67-55)54(61)62)66-49(58)43-40-37-34-31-27-21-18-15-12-9-6-3/h15-16,18-19,23-24,46,50-53,55,59-60H,4-14,17,20-22,25-45H2,1-3H3,(H,61,62)/b18-15-,19-16-,24-23-. The number of aliphatic carboxylic acids is 1. The fraction of sp³-hybridized carbons (Fsp3) is 0.818. The molecule has 67 heavy (non-hydrogen) atoms. The van der Waals surface area contributed by atoms with Gasteiger partial charge in [-0.2, -0.15) is 0 Å². The van der Waals surface area contributed by atoms with Crippen molar-refractivity contribution in [3.05, 3.63) is 36.5 Å². The van der Waals surface area contributed by atoms with Crippen LogP contribution in [0.15, 0.2) is 36.5 Å². The molecule has 0 saturated carbocycles. The molecule has 0 aromatic rings. The van der Waals surface area contributed by atoms with E-state index in [2.05, 4.69) is 57.2 Å². The van der Waals surface area contributed by atoms with Gasteiger partial charge < -0.3 is 39.0 Å². The minimum atomic E-state index is -1.90. The second-order valence-corrected chi connectivity index (χ2v) is 18.5. The van der Waals surface area contributed by atoms with Crippen molar-refractivity contribution in [1.82, 2.24) is 0 Å². The van der Waals surface area contributed by atoms with Crippen LogP contribution in [0.2, 0.25) is 0 Å². The van der Waals surface area contributed by atoms with Gasteiger partial charge in [0.25, 0.3) is 0 Å². The van der Waals surface area contributed by atoms with Crippen LogP contribution >= 0.6 is 0 Å². The molecule has 0 aromatic carbocycles. The van der Waals surface area contributed by atoms with Crippen LogP contribution in [-0.2, 0) is 42.9 Å². The van der Waals surface area contributed by atoms with Gasteiger partial charge in [0, 0.05) is 19.3 Å². The first-order valence-corrected chi connectivity index (χ1v) is 27.0. The fourth-order valence-electron chi connectivity index (χ4n) is 7.97. The first kappa shape index (κ1) is 62.0. The Labute approximate surface area is 406 Å². The van der Waals surface area contributed by atoms with Gasteiger partial charge >= 0.3 is 23.9 Å². The summed E-state index contributed by atoms with van der Waals surface area (Å²) in [4.78, 5) is 50.8. The zero-order valence-corrected chi connectivity index (χ0v) is 42.4. The summed E-state index contributed by atoms with van der Waals surface area (Å²) in [5.74, 6) is -3.14. The monoisotopic (exact) mass is 949 g/mol. The van der Waals surface area contributed by atoms with Crippen molar-refractivity contribution in [1.29, 1.82) is 0 Å². The summed E-state index contributed by atoms with van der Waals surface area (Å²) in [6, 6.07) is 0. The number of hydrogen-bond acceptors (Lipinski definition) is 11. The molecule has 0 aliphatic carbocycles. The predicted octanol–water partition coefficient (Wildman–Crippen LogP) is 12.9. The Kier molecular flexibility index (Phi) is 40.8. The summed E-state index contributed by atoms with van der Waals surface area (Å²) < 4.78 is 28.3. The van der Waals surface area contributed by atoms with Crippen LogP contribution in [0.1, 0.15) is 239 Å². The Balaban J connectivity index is 2.73. The quantitative estimate of drug-likeness (QED) is 0.0228. The molecule has 0 radical (unpaired) electrons. The van der Waals surface area contributed by atoms with Gasteiger partial charge in [-0.1, -0.05) is 186 Å². The molecule has 3 N–H and O–H groups in total. The highest BCUT2D eigenvalue weighted by atomic mass is 16.7. The highest BCUT2D eigenvalue weighted by molar-refractivity contribution is 5.74. The van der Waals surface area contributed by atoms with Crippen LogP contribution in [-0.4, -0.2) is 89.2 Å². The molecule has 1 saturated heterocycles. The second kappa shape index (κ2) is 44.2. The summed E-state index contributed by atoms with van der Waals surface area (Å²) in [5, 5.41) is 31.3. The number of carboxylic acid groups (broad SMARTS) is 1. The van der Waals surface area contributed by atoms with Crippen molar-refractivity contribution in [2.75, 3.05) is 13.2 Å². The molecular formula is C55H96O12. The number of ether oxygens (including phenoxy) is 5. The number of aliphatic hydroxyl groups excluding tert-OH is 2. The first-order valence-electron chi connectivity index (χ1n) is 27.0. The van der Waals surface area contributed by atoms with Crippen molar-refractivity contribution >= 4 is 23.9 Å². The molecule has 6 atom stereocenters. The minimum absolute atomic E-state index is 0.0509. The molecule has 1 fully saturated rings. The lowest BCUT2D eigenvalue weighted by molar-refractivity contribution is -0.301. The number of carbonyl (C=O) groups is 4. The lowest BCUT2D eigenvalue weighted by Crippen LogP contribution is -2.61. The summed E-state index contributed by atoms with van der Waals surface area (Å²) in [5.41, 5.74) is 0. The van der Waals surface area contributed by atoms with Crippen LogP contribution in [0.4, 0.5) is 0 Å². The topological polar surface area (TPSA) is 175 Å². The molecule has 12 heteroatoms. The molecule has 12 nitrogen and oxygen atoms in total. The Morgan fingerprint density at radius 2 is 0.910 bits per heavy atom. The number of aliphatic hydroxyl groups is 2. The summed E-state index contributed by atoms with van der Waals surface area (Å²) in [6.45, 7) is 5.88. The highest BCUT2D eigenvalue weighted by Gasteiger charge is 2.50. The van der Waals surface area contributed by atoms with Gasteiger partial charge in [-0.25, -0.2) is 4.79 Å². The number of hydrogen-bond donors (Lipinski definition) is 3. The highest BCUT2D eigenvalue weighted by Crippen LogP contribution is 2.26. The molecule has 0 bridgehead atoms. The van der Waals surface area contributed by atoms with E-state index >= 15 is 0 Å². The van der Waals surface area contributed by atoms with E-state index in [9.17, 15) is 34.5 Å². The zero-order valence-electron chi connectivity index (χ0n) is 42.4. The third-order valence-corrected chi connectivity index (χ3v) is 12.2. The minimum Gasteiger partial charge on any atom is -0.479 e. The molecule has 1 rings (SSSR count). The molecule has 0 spiro atoms. The molecule has 0 aromatic heterocycles. The Hall–Kier alpha value is -3.06. The third-order valence-electron chi connectivity index (χ3n) is 12.2. The first-order chi connectivity index (χ1) is 32.6. The smallest absolute Gasteiger partial charge is 0.335 e. The molecule has 6 unspecified atom stereocenters. The maximum atomic E-state index is 13.1. The lowest BCUT2D eigenvalue weighted by atomic mass is 9.98. The van der Waals surface area contributed by atoms with E-state index in [0.29, 0.717) is 19.3 Å². The third kappa shape index (κ3) is 34.8. The van der Waals surface area contributed by atoms with E-state index < -0.39 is 67.3 Å². The average Bonchev–Trinajstić information content (AvgIpc) is 3.31. The largest absolute Gasteiger partial charge is 0.479 e. The van der Waals surface area contributed by atoms with E-state index in [4.69, 9.17) is 23.7 Å². The molecule has 1 aliphatic rings. The van der Waals surface area contributed by atoms with E-state index in [0.717, 1.165) is 103 Å². The summed E-state index contributed by atoms with van der Waals surface area (Å²) in [6.07, 6.45) is 37.0. The van der Waals surface area contributed by atoms with E-state index in [-0.39, 0.29) is 25.9 Å². The van der Waals surface area contributed by atoms with Gasteiger partial charge in [0.15, 0.2) is 24.6 Å². The molecule has 1 aliphatic heterocycles. The van der Waals surface area contributed by atoms with Crippen molar-refractivity contribution in [2.24, 2.45) is 0 Å². The number of allylic oxidation sites excluding steroid dienone is 6. The number of carbonyl (C=O) groups excluding carboxylic acids is 3. The average molecular weight is 949 g/mol. The van der Waals surface area contributed by atoms with E-state index in [1.807, 2.05) is 0 Å². The maximum Gasteiger partial charge on any atom is 0.335 e. The lowest BCUT2D eigenvalue weighted by Gasteiger charge is -2.40. The van der Waals surface area contributed by atoms with Gasteiger partial charge in [0.1, 0.15) is 18.8 Å². The summed E-state index contributed by atoms with van der Waals surface area (Å²) >= 11 is 0. The fourth-order valence-corrected chi connectivity index (χ4v) is 7.97. The van der Waals surface area contributed by atoms with E-state index in [1.165, 1.54) is 77.0 Å². The van der Waals surface area contributed by atoms with Crippen molar-refractivity contribution in [2.45, 2.75) is 276 Å². The summed E-state index contributed by atoms with van der Waals surface area (Å²) in [7, 11) is 0. The number of esters is 3. The van der Waals surface area contributed by atoms with Gasteiger partial charge in [0.05, 0.1) is 6.61 Å².